The van der Waals surface area contributed by atoms with Crippen molar-refractivity contribution in [1.82, 2.24) is 0 Å². The molecule has 0 saturated carbocycles. The fraction of sp³-hybridized carbons (Fsp3) is 0.455. The number of fused-ring (bicyclic) bond motifs is 1. The van der Waals surface area contributed by atoms with Gasteiger partial charge in [0.05, 0.1) is 6.04 Å². The maximum atomic E-state index is 13.2. The minimum Gasteiger partial charge on any atom is -0.488 e. The lowest BCUT2D eigenvalue weighted by molar-refractivity contribution is 0.202. The van der Waals surface area contributed by atoms with Gasteiger partial charge >= 0.3 is 0 Å². The molecule has 1 heterocycles. The number of rotatable bonds is 1. The molecule has 0 bridgehead atoms. The monoisotopic (exact) mass is 195 g/mol. The second-order valence-electron chi connectivity index (χ2n) is 3.73. The van der Waals surface area contributed by atoms with Crippen molar-refractivity contribution >= 4 is 0 Å². The van der Waals surface area contributed by atoms with E-state index in [1.165, 1.54) is 6.07 Å². The molecule has 0 fully saturated rings. The molecule has 0 radical (unpaired) electrons. The van der Waals surface area contributed by atoms with Crippen molar-refractivity contribution in [3.05, 3.63) is 29.1 Å². The van der Waals surface area contributed by atoms with Crippen molar-refractivity contribution in [2.75, 3.05) is 0 Å². The molecule has 1 aromatic rings. The van der Waals surface area contributed by atoms with Gasteiger partial charge in [-0.3, -0.25) is 0 Å². The van der Waals surface area contributed by atoms with Crippen molar-refractivity contribution in [2.45, 2.75) is 32.4 Å². The summed E-state index contributed by atoms with van der Waals surface area (Å²) in [5.74, 6) is 0.375. The van der Waals surface area contributed by atoms with E-state index in [2.05, 4.69) is 0 Å². The van der Waals surface area contributed by atoms with Gasteiger partial charge in [-0.25, -0.2) is 4.39 Å². The lowest BCUT2D eigenvalue weighted by atomic mass is 10.0. The topological polar surface area (TPSA) is 35.2 Å². The first-order chi connectivity index (χ1) is 6.63. The van der Waals surface area contributed by atoms with Crippen molar-refractivity contribution in [3.8, 4) is 5.75 Å². The highest BCUT2D eigenvalue weighted by molar-refractivity contribution is 5.43. The summed E-state index contributed by atoms with van der Waals surface area (Å²) in [5.41, 5.74) is 7.52. The van der Waals surface area contributed by atoms with Crippen LogP contribution in [-0.2, 0) is 0 Å². The van der Waals surface area contributed by atoms with Crippen LogP contribution in [0.3, 0.4) is 0 Å². The molecule has 2 unspecified atom stereocenters. The second kappa shape index (κ2) is 3.24. The largest absolute Gasteiger partial charge is 0.488 e. The first-order valence-electron chi connectivity index (χ1n) is 4.85. The lowest BCUT2D eigenvalue weighted by Gasteiger charge is -2.11. The Hall–Kier alpha value is -1.09. The number of hydrogen-bond donors (Lipinski definition) is 1. The third-order valence-electron chi connectivity index (χ3n) is 2.73. The number of aryl methyl sites for hydroxylation is 1. The van der Waals surface area contributed by atoms with Crippen LogP contribution < -0.4 is 10.5 Å². The van der Waals surface area contributed by atoms with Gasteiger partial charge < -0.3 is 10.5 Å². The van der Waals surface area contributed by atoms with Gasteiger partial charge in [-0.05, 0) is 25.0 Å². The molecule has 0 spiro atoms. The van der Waals surface area contributed by atoms with E-state index < -0.39 is 0 Å². The van der Waals surface area contributed by atoms with Crippen LogP contribution in [0.4, 0.5) is 4.39 Å². The van der Waals surface area contributed by atoms with Crippen LogP contribution in [0.25, 0.3) is 0 Å². The van der Waals surface area contributed by atoms with Crippen molar-refractivity contribution in [2.24, 2.45) is 5.73 Å². The Balaban J connectivity index is 2.44. The maximum Gasteiger partial charge on any atom is 0.129 e. The molecule has 1 aliphatic heterocycles. The maximum absolute atomic E-state index is 13.2. The van der Waals surface area contributed by atoms with E-state index in [-0.39, 0.29) is 18.0 Å². The Morgan fingerprint density at radius 3 is 2.86 bits per heavy atom. The summed E-state index contributed by atoms with van der Waals surface area (Å²) in [6.45, 7) is 3.75. The fourth-order valence-electron chi connectivity index (χ4n) is 1.82. The molecular weight excluding hydrogens is 181 g/mol. The van der Waals surface area contributed by atoms with Gasteiger partial charge in [-0.1, -0.05) is 6.92 Å². The van der Waals surface area contributed by atoms with E-state index in [9.17, 15) is 4.39 Å². The smallest absolute Gasteiger partial charge is 0.129 e. The average molecular weight is 195 g/mol. The van der Waals surface area contributed by atoms with E-state index in [4.69, 9.17) is 10.5 Å². The quantitative estimate of drug-likeness (QED) is 0.746. The van der Waals surface area contributed by atoms with E-state index in [1.807, 2.05) is 6.92 Å². The lowest BCUT2D eigenvalue weighted by Crippen LogP contribution is -2.24. The van der Waals surface area contributed by atoms with E-state index in [0.717, 1.165) is 12.0 Å². The van der Waals surface area contributed by atoms with Gasteiger partial charge in [0, 0.05) is 11.6 Å². The molecule has 2 nitrogen and oxygen atoms in total. The standard InChI is InChI=1S/C11H14FNO/c1-3-9-11(13)7-4-6(2)8(12)5-10(7)14-9/h4-5,9,11H,3,13H2,1-2H3. The normalized spacial score (nSPS) is 24.6. The summed E-state index contributed by atoms with van der Waals surface area (Å²) < 4.78 is 18.8. The SMILES string of the molecule is CCC1Oc2cc(F)c(C)cc2C1N. The summed E-state index contributed by atoms with van der Waals surface area (Å²) in [7, 11) is 0. The predicted molar refractivity (Wildman–Crippen MR) is 52.8 cm³/mol. The van der Waals surface area contributed by atoms with E-state index in [0.29, 0.717) is 11.3 Å². The Bertz CT molecular complexity index is 365. The molecule has 2 N–H and O–H groups in total. The number of nitrogens with two attached hydrogens (primary N) is 1. The van der Waals surface area contributed by atoms with E-state index in [1.54, 1.807) is 13.0 Å². The first-order valence-corrected chi connectivity index (χ1v) is 4.85. The molecule has 0 amide bonds. The number of ether oxygens (including phenoxy) is 1. The van der Waals surface area contributed by atoms with Crippen molar-refractivity contribution in [3.63, 3.8) is 0 Å². The van der Waals surface area contributed by atoms with Crippen molar-refractivity contribution < 1.29 is 9.13 Å². The number of hydrogen-bond acceptors (Lipinski definition) is 2. The highest BCUT2D eigenvalue weighted by Crippen LogP contribution is 2.37. The molecule has 0 aliphatic carbocycles. The van der Waals surface area contributed by atoms with Crippen LogP contribution in [0.5, 0.6) is 5.75 Å². The fourth-order valence-corrected chi connectivity index (χ4v) is 1.82. The highest BCUT2D eigenvalue weighted by atomic mass is 19.1. The van der Waals surface area contributed by atoms with Crippen LogP contribution in [0.1, 0.15) is 30.5 Å². The first kappa shape index (κ1) is 9.46. The molecule has 1 aromatic carbocycles. The molecule has 76 valence electrons. The van der Waals surface area contributed by atoms with Gasteiger partial charge in [0.2, 0.25) is 0 Å². The van der Waals surface area contributed by atoms with Crippen LogP contribution in [0.2, 0.25) is 0 Å². The van der Waals surface area contributed by atoms with Gasteiger partial charge in [0.15, 0.2) is 0 Å². The predicted octanol–water partition coefficient (Wildman–Crippen LogP) is 2.30. The zero-order chi connectivity index (χ0) is 10.3. The summed E-state index contributed by atoms with van der Waals surface area (Å²) in [6.07, 6.45) is 0.836. The van der Waals surface area contributed by atoms with Gasteiger partial charge in [0.25, 0.3) is 0 Å². The number of benzene rings is 1. The Kier molecular flexibility index (Phi) is 2.19. The zero-order valence-electron chi connectivity index (χ0n) is 8.38. The summed E-state index contributed by atoms with van der Waals surface area (Å²) in [4.78, 5) is 0. The van der Waals surface area contributed by atoms with E-state index >= 15 is 0 Å². The molecule has 0 saturated heterocycles. The molecule has 0 aromatic heterocycles. The highest BCUT2D eigenvalue weighted by Gasteiger charge is 2.30. The van der Waals surface area contributed by atoms with Crippen molar-refractivity contribution in [1.29, 1.82) is 0 Å². The Morgan fingerprint density at radius 1 is 1.50 bits per heavy atom. The minimum atomic E-state index is -0.229. The molecule has 3 heteroatoms. The van der Waals surface area contributed by atoms with Crippen LogP contribution in [0.15, 0.2) is 12.1 Å². The number of halogens is 1. The third-order valence-corrected chi connectivity index (χ3v) is 2.73. The molecular formula is C11H14FNO. The molecule has 2 atom stereocenters. The molecule has 1 aliphatic rings. The summed E-state index contributed by atoms with van der Waals surface area (Å²) in [5, 5.41) is 0. The molecule has 14 heavy (non-hydrogen) atoms. The minimum absolute atomic E-state index is 0.00815. The average Bonchev–Trinajstić information content (AvgIpc) is 2.45. The van der Waals surface area contributed by atoms with Gasteiger partial charge in [-0.2, -0.15) is 0 Å². The van der Waals surface area contributed by atoms with Gasteiger partial charge in [-0.15, -0.1) is 0 Å². The van der Waals surface area contributed by atoms with Gasteiger partial charge in [0.1, 0.15) is 17.7 Å². The molecule has 2 rings (SSSR count). The Labute approximate surface area is 82.9 Å². The summed E-state index contributed by atoms with van der Waals surface area (Å²) in [6, 6.07) is 3.10. The van der Waals surface area contributed by atoms with Crippen LogP contribution >= 0.6 is 0 Å². The van der Waals surface area contributed by atoms with Crippen LogP contribution in [-0.4, -0.2) is 6.10 Å². The second-order valence-corrected chi connectivity index (χ2v) is 3.73. The summed E-state index contributed by atoms with van der Waals surface area (Å²) >= 11 is 0. The third kappa shape index (κ3) is 1.28. The zero-order valence-corrected chi connectivity index (χ0v) is 8.38. The Morgan fingerprint density at radius 2 is 2.21 bits per heavy atom. The van der Waals surface area contributed by atoms with Crippen LogP contribution in [0, 0.1) is 12.7 Å².